The smallest absolute Gasteiger partial charge is 0.744 e. The van der Waals surface area contributed by atoms with Crippen LogP contribution in [0.2, 0.25) is 0 Å². The van der Waals surface area contributed by atoms with Crippen LogP contribution in [-0.4, -0.2) is 51.9 Å². The zero-order valence-electron chi connectivity index (χ0n) is 20.6. The second kappa shape index (κ2) is 17.4. The summed E-state index contributed by atoms with van der Waals surface area (Å²) in [5.74, 6) is 0. The van der Waals surface area contributed by atoms with Crippen LogP contribution in [0.1, 0.15) is 0 Å². The molecule has 0 N–H and O–H groups in total. The fraction of sp³-hybridized carbons (Fsp3) is 0. The van der Waals surface area contributed by atoms with Gasteiger partial charge >= 0.3 is 26.2 Å². The van der Waals surface area contributed by atoms with E-state index in [0.29, 0.717) is 0 Å². The maximum atomic E-state index is 10.3. The molecule has 17 heteroatoms. The summed E-state index contributed by atoms with van der Waals surface area (Å²) < 4.78 is 123. The quantitative estimate of drug-likeness (QED) is 0.277. The number of hydrogen-bond donors (Lipinski definition) is 0. The molecule has 0 aromatic heterocycles. The monoisotopic (exact) mass is 718 g/mol. The Hall–Kier alpha value is -2.60. The van der Waals surface area contributed by atoms with Gasteiger partial charge in [0.25, 0.3) is 0 Å². The van der Waals surface area contributed by atoms with E-state index in [2.05, 4.69) is 0 Å². The maximum absolute atomic E-state index is 10.3. The molecule has 12 nitrogen and oxygen atoms in total. The Morgan fingerprint density at radius 3 is 0.488 bits per heavy atom. The van der Waals surface area contributed by atoms with Crippen molar-refractivity contribution >= 4 is 40.5 Å². The summed E-state index contributed by atoms with van der Waals surface area (Å²) >= 11 is 0. The van der Waals surface area contributed by atoms with Crippen LogP contribution in [-0.2, 0) is 66.7 Å². The Balaban J connectivity index is 0.000000516. The van der Waals surface area contributed by atoms with Crippen molar-refractivity contribution in [1.82, 2.24) is 0 Å². The fourth-order valence-electron chi connectivity index (χ4n) is 2.35. The summed E-state index contributed by atoms with van der Waals surface area (Å²) in [5, 5.41) is 0. The van der Waals surface area contributed by atoms with Crippen LogP contribution in [0.3, 0.4) is 0 Å². The van der Waals surface area contributed by atoms with Crippen molar-refractivity contribution < 1.29 is 78.1 Å². The second-order valence-corrected chi connectivity index (χ2v) is 12.6. The molecule has 0 radical (unpaired) electrons. The third kappa shape index (κ3) is 16.4. The topological polar surface area (TPSA) is 229 Å². The minimum Gasteiger partial charge on any atom is -0.744 e. The van der Waals surface area contributed by atoms with Gasteiger partial charge in [0.15, 0.2) is 0 Å². The molecule has 0 saturated heterocycles. The van der Waals surface area contributed by atoms with E-state index in [1.165, 1.54) is 97.1 Å². The first kappa shape index (κ1) is 38.4. The van der Waals surface area contributed by atoms with Crippen LogP contribution in [0.15, 0.2) is 141 Å². The fourth-order valence-corrected chi connectivity index (χ4v) is 4.31. The van der Waals surface area contributed by atoms with Gasteiger partial charge in [-0.3, -0.25) is 0 Å². The van der Waals surface area contributed by atoms with E-state index in [1.807, 2.05) is 0 Å². The van der Waals surface area contributed by atoms with Crippen molar-refractivity contribution in [2.24, 2.45) is 0 Å². The minimum atomic E-state index is -4.25. The molecule has 0 aliphatic rings. The molecule has 0 heterocycles. The van der Waals surface area contributed by atoms with Crippen LogP contribution in [0, 0.1) is 0 Å². The predicted molar refractivity (Wildman–Crippen MR) is 138 cm³/mol. The number of hydrogen-bond acceptors (Lipinski definition) is 12. The zero-order valence-corrected chi connectivity index (χ0v) is 26.3. The van der Waals surface area contributed by atoms with E-state index in [-0.39, 0.29) is 45.8 Å². The van der Waals surface area contributed by atoms with E-state index < -0.39 is 40.5 Å². The second-order valence-electron chi connectivity index (χ2n) is 7.07. The molecule has 0 fully saturated rings. The molecule has 0 saturated carbocycles. The predicted octanol–water partition coefficient (Wildman–Crippen LogP) is 2.36. The van der Waals surface area contributed by atoms with Crippen molar-refractivity contribution in [2.75, 3.05) is 0 Å². The normalized spacial score (nSPS) is 11.0. The van der Waals surface area contributed by atoms with Crippen LogP contribution >= 0.6 is 0 Å². The average molecular weight is 720 g/mol. The van der Waals surface area contributed by atoms with E-state index >= 15 is 0 Å². The van der Waals surface area contributed by atoms with Crippen molar-refractivity contribution in [3.8, 4) is 0 Å². The van der Waals surface area contributed by atoms with Crippen molar-refractivity contribution in [3.63, 3.8) is 0 Å². The summed E-state index contributed by atoms with van der Waals surface area (Å²) in [7, 11) is -17.0. The number of rotatable bonds is 4. The van der Waals surface area contributed by atoms with Gasteiger partial charge < -0.3 is 18.2 Å². The molecule has 4 rings (SSSR count). The van der Waals surface area contributed by atoms with Crippen molar-refractivity contribution in [1.29, 1.82) is 0 Å². The molecule has 4 aromatic rings. The summed E-state index contributed by atoms with van der Waals surface area (Å²) in [6.45, 7) is 0. The molecule has 216 valence electrons. The minimum absolute atomic E-state index is 0. The van der Waals surface area contributed by atoms with Gasteiger partial charge in [0.1, 0.15) is 40.5 Å². The van der Waals surface area contributed by atoms with Crippen molar-refractivity contribution in [3.05, 3.63) is 121 Å². The zero-order chi connectivity index (χ0) is 30.5. The molecule has 41 heavy (non-hydrogen) atoms. The Bertz CT molecular complexity index is 1480. The first-order chi connectivity index (χ1) is 18.4. The summed E-state index contributed by atoms with van der Waals surface area (Å²) in [6, 6.07) is 28.8. The van der Waals surface area contributed by atoms with Gasteiger partial charge in [0.2, 0.25) is 0 Å². The van der Waals surface area contributed by atoms with E-state index in [1.54, 1.807) is 24.3 Å². The molecule has 4 aromatic carbocycles. The van der Waals surface area contributed by atoms with Crippen LogP contribution in [0.25, 0.3) is 0 Å². The first-order valence-electron chi connectivity index (χ1n) is 10.5. The van der Waals surface area contributed by atoms with Crippen LogP contribution in [0.5, 0.6) is 0 Å². The molecule has 0 aliphatic heterocycles. The van der Waals surface area contributed by atoms with E-state index in [0.717, 1.165) is 0 Å². The summed E-state index contributed by atoms with van der Waals surface area (Å²) in [6.07, 6.45) is 0. The Morgan fingerprint density at radius 1 is 0.293 bits per heavy atom. The Morgan fingerprint density at radius 2 is 0.415 bits per heavy atom. The van der Waals surface area contributed by atoms with E-state index in [9.17, 15) is 51.9 Å². The molecule has 0 unspecified atom stereocenters. The first-order valence-corrected chi connectivity index (χ1v) is 16.1. The van der Waals surface area contributed by atoms with Gasteiger partial charge in [-0.05, 0) is 48.5 Å². The molecular formula is C24H20O12S4Zr. The number of benzene rings is 4. The Labute approximate surface area is 257 Å². The van der Waals surface area contributed by atoms with Gasteiger partial charge in [-0.25, -0.2) is 33.7 Å². The molecule has 0 bridgehead atoms. The molecular weight excluding hydrogens is 700 g/mol. The third-order valence-corrected chi connectivity index (χ3v) is 7.53. The summed E-state index contributed by atoms with van der Waals surface area (Å²) in [4.78, 5) is -0.741. The van der Waals surface area contributed by atoms with Gasteiger partial charge in [-0.2, -0.15) is 0 Å². The van der Waals surface area contributed by atoms with Gasteiger partial charge in [-0.15, -0.1) is 0 Å². The van der Waals surface area contributed by atoms with Gasteiger partial charge in [0, 0.05) is 0 Å². The van der Waals surface area contributed by atoms with Crippen LogP contribution < -0.4 is 0 Å². The van der Waals surface area contributed by atoms with Gasteiger partial charge in [0.05, 0.1) is 19.6 Å². The molecule has 0 spiro atoms. The molecule has 0 amide bonds. The van der Waals surface area contributed by atoms with Crippen molar-refractivity contribution in [2.45, 2.75) is 19.6 Å². The largest absolute Gasteiger partial charge is 4.00 e. The Kier molecular flexibility index (Phi) is 16.3. The molecule has 0 atom stereocenters. The summed E-state index contributed by atoms with van der Waals surface area (Å²) in [5.41, 5.74) is 0. The standard InChI is InChI=1S/4C6H6O3S.Zr/c4*7-10(8,9)6-4-2-1-3-5-6;/h4*1-5H,(H,7,8,9);/q;;;;+4/p-4. The van der Waals surface area contributed by atoms with Crippen LogP contribution in [0.4, 0.5) is 0 Å². The van der Waals surface area contributed by atoms with Gasteiger partial charge in [-0.1, -0.05) is 72.8 Å². The third-order valence-electron chi connectivity index (χ3n) is 4.13. The molecule has 0 aliphatic carbocycles. The van der Waals surface area contributed by atoms with E-state index in [4.69, 9.17) is 0 Å². The average Bonchev–Trinajstić information content (AvgIpc) is 2.90. The SMILES string of the molecule is O=S(=O)([O-])c1ccccc1.O=S(=O)([O-])c1ccccc1.O=S(=O)([O-])c1ccccc1.O=S(=O)([O-])c1ccccc1.[Zr+4]. The maximum Gasteiger partial charge on any atom is 4.00 e.